The average molecular weight is 332 g/mol. The van der Waals surface area contributed by atoms with E-state index in [9.17, 15) is 5.11 Å². The van der Waals surface area contributed by atoms with Crippen LogP contribution in [-0.4, -0.2) is 24.8 Å². The van der Waals surface area contributed by atoms with Gasteiger partial charge >= 0.3 is 0 Å². The van der Waals surface area contributed by atoms with Crippen LogP contribution in [0.2, 0.25) is 5.02 Å². The number of ether oxygens (including phenoxy) is 1. The molecule has 2 aromatic rings. The Morgan fingerprint density at radius 3 is 2.30 bits per heavy atom. The van der Waals surface area contributed by atoms with Crippen molar-refractivity contribution in [1.29, 1.82) is 0 Å². The zero-order chi connectivity index (χ0) is 16.1. The van der Waals surface area contributed by atoms with Crippen molar-refractivity contribution in [2.75, 3.05) is 24.6 Å². The summed E-state index contributed by atoms with van der Waals surface area (Å²) in [4.78, 5) is 2.37. The molecule has 0 saturated carbocycles. The van der Waals surface area contributed by atoms with Gasteiger partial charge in [-0.15, -0.1) is 0 Å². The number of phenols is 1. The van der Waals surface area contributed by atoms with Crippen molar-refractivity contribution in [3.8, 4) is 5.75 Å². The molecule has 3 nitrogen and oxygen atoms in total. The SMILES string of the molecule is Oc1ccc(N2CCC(COCc3ccc(Cl)cc3)CC2)cc1. The van der Waals surface area contributed by atoms with Crippen LogP contribution in [0.5, 0.6) is 5.75 Å². The number of piperidine rings is 1. The Morgan fingerprint density at radius 1 is 1.00 bits per heavy atom. The third kappa shape index (κ3) is 4.63. The minimum Gasteiger partial charge on any atom is -0.508 e. The van der Waals surface area contributed by atoms with Gasteiger partial charge < -0.3 is 14.7 Å². The largest absolute Gasteiger partial charge is 0.508 e. The van der Waals surface area contributed by atoms with Crippen LogP contribution < -0.4 is 4.90 Å². The predicted octanol–water partition coefficient (Wildman–Crippen LogP) is 4.48. The second kappa shape index (κ2) is 7.71. The Morgan fingerprint density at radius 2 is 1.65 bits per heavy atom. The minimum atomic E-state index is 0.319. The first-order chi connectivity index (χ1) is 11.2. The summed E-state index contributed by atoms with van der Waals surface area (Å²) in [6.45, 7) is 3.54. The minimum absolute atomic E-state index is 0.319. The Kier molecular flexibility index (Phi) is 5.42. The first-order valence-corrected chi connectivity index (χ1v) is 8.44. The van der Waals surface area contributed by atoms with Crippen molar-refractivity contribution >= 4 is 17.3 Å². The molecule has 0 atom stereocenters. The molecule has 1 aliphatic heterocycles. The van der Waals surface area contributed by atoms with Gasteiger partial charge in [0, 0.05) is 30.4 Å². The van der Waals surface area contributed by atoms with Crippen LogP contribution in [0.15, 0.2) is 48.5 Å². The molecule has 0 spiro atoms. The van der Waals surface area contributed by atoms with Crippen LogP contribution in [-0.2, 0) is 11.3 Å². The monoisotopic (exact) mass is 331 g/mol. The summed E-state index contributed by atoms with van der Waals surface area (Å²) in [5.74, 6) is 0.940. The van der Waals surface area contributed by atoms with Gasteiger partial charge in [-0.25, -0.2) is 0 Å². The number of hydrogen-bond acceptors (Lipinski definition) is 3. The fourth-order valence-corrected chi connectivity index (χ4v) is 3.07. The number of hydrogen-bond donors (Lipinski definition) is 1. The zero-order valence-electron chi connectivity index (χ0n) is 13.1. The smallest absolute Gasteiger partial charge is 0.115 e. The maximum Gasteiger partial charge on any atom is 0.115 e. The first-order valence-electron chi connectivity index (χ1n) is 8.07. The molecule has 122 valence electrons. The number of rotatable bonds is 5. The molecule has 1 heterocycles. The van der Waals surface area contributed by atoms with Crippen molar-refractivity contribution < 1.29 is 9.84 Å². The highest BCUT2D eigenvalue weighted by Crippen LogP contribution is 2.25. The van der Waals surface area contributed by atoms with E-state index in [0.717, 1.165) is 43.1 Å². The van der Waals surface area contributed by atoms with Gasteiger partial charge in [0.1, 0.15) is 5.75 Å². The van der Waals surface area contributed by atoms with Crippen LogP contribution in [0.25, 0.3) is 0 Å². The van der Waals surface area contributed by atoms with Gasteiger partial charge in [0.25, 0.3) is 0 Å². The fraction of sp³-hybridized carbons (Fsp3) is 0.368. The molecule has 0 bridgehead atoms. The summed E-state index contributed by atoms with van der Waals surface area (Å²) in [5.41, 5.74) is 2.35. The fourth-order valence-electron chi connectivity index (χ4n) is 2.95. The molecular weight excluding hydrogens is 310 g/mol. The van der Waals surface area contributed by atoms with Crippen molar-refractivity contribution in [3.05, 3.63) is 59.1 Å². The molecule has 1 fully saturated rings. The summed E-state index contributed by atoms with van der Waals surface area (Å²) in [5, 5.41) is 10.1. The predicted molar refractivity (Wildman–Crippen MR) is 94.2 cm³/mol. The lowest BCUT2D eigenvalue weighted by molar-refractivity contribution is 0.0786. The lowest BCUT2D eigenvalue weighted by Gasteiger charge is -2.33. The lowest BCUT2D eigenvalue weighted by atomic mass is 9.97. The van der Waals surface area contributed by atoms with E-state index in [1.54, 1.807) is 12.1 Å². The highest BCUT2D eigenvalue weighted by atomic mass is 35.5. The van der Waals surface area contributed by atoms with Crippen LogP contribution in [0.4, 0.5) is 5.69 Å². The van der Waals surface area contributed by atoms with Gasteiger partial charge in [0.05, 0.1) is 6.61 Å². The third-order valence-electron chi connectivity index (χ3n) is 4.36. The normalized spacial score (nSPS) is 15.8. The Bertz CT molecular complexity index is 602. The number of halogens is 1. The molecule has 0 unspecified atom stereocenters. The van der Waals surface area contributed by atoms with E-state index in [-0.39, 0.29) is 0 Å². The maximum atomic E-state index is 9.36. The molecule has 23 heavy (non-hydrogen) atoms. The number of benzene rings is 2. The van der Waals surface area contributed by atoms with Gasteiger partial charge in [-0.3, -0.25) is 0 Å². The summed E-state index contributed by atoms with van der Waals surface area (Å²) >= 11 is 5.88. The van der Waals surface area contributed by atoms with Gasteiger partial charge in [0.15, 0.2) is 0 Å². The quantitative estimate of drug-likeness (QED) is 0.876. The molecule has 4 heteroatoms. The molecule has 0 radical (unpaired) electrons. The molecule has 0 aliphatic carbocycles. The molecule has 1 saturated heterocycles. The summed E-state index contributed by atoms with van der Waals surface area (Å²) in [7, 11) is 0. The van der Waals surface area contributed by atoms with Gasteiger partial charge in [-0.2, -0.15) is 0 Å². The lowest BCUT2D eigenvalue weighted by Crippen LogP contribution is -2.35. The van der Waals surface area contributed by atoms with Crippen molar-refractivity contribution in [1.82, 2.24) is 0 Å². The number of nitrogens with zero attached hydrogens (tertiary/aromatic N) is 1. The summed E-state index contributed by atoms with van der Waals surface area (Å²) < 4.78 is 5.86. The zero-order valence-corrected chi connectivity index (χ0v) is 13.9. The summed E-state index contributed by atoms with van der Waals surface area (Å²) in [6, 6.07) is 15.3. The Labute approximate surface area is 142 Å². The second-order valence-electron chi connectivity index (χ2n) is 6.09. The highest BCUT2D eigenvalue weighted by Gasteiger charge is 2.19. The Hall–Kier alpha value is -1.71. The number of anilines is 1. The standard InChI is InChI=1S/C19H22ClNO2/c20-17-3-1-15(2-4-17)13-23-14-16-9-11-21(12-10-16)18-5-7-19(22)8-6-18/h1-8,16,22H,9-14H2. The number of phenolic OH excluding ortho intramolecular Hbond substituents is 1. The molecule has 3 rings (SSSR count). The molecule has 2 aromatic carbocycles. The molecule has 1 aliphatic rings. The van der Waals surface area contributed by atoms with Crippen LogP contribution in [0.1, 0.15) is 18.4 Å². The molecule has 0 amide bonds. The van der Waals surface area contributed by atoms with E-state index in [0.29, 0.717) is 18.3 Å². The van der Waals surface area contributed by atoms with Gasteiger partial charge in [-0.05, 0) is 60.7 Å². The van der Waals surface area contributed by atoms with Crippen LogP contribution >= 0.6 is 11.6 Å². The first kappa shape index (κ1) is 16.2. The van der Waals surface area contributed by atoms with E-state index in [1.807, 2.05) is 36.4 Å². The van der Waals surface area contributed by atoms with Crippen molar-refractivity contribution in [3.63, 3.8) is 0 Å². The van der Waals surface area contributed by atoms with Crippen molar-refractivity contribution in [2.45, 2.75) is 19.4 Å². The van der Waals surface area contributed by atoms with E-state index < -0.39 is 0 Å². The van der Waals surface area contributed by atoms with Crippen molar-refractivity contribution in [2.24, 2.45) is 5.92 Å². The average Bonchev–Trinajstić information content (AvgIpc) is 2.58. The van der Waals surface area contributed by atoms with Crippen LogP contribution in [0.3, 0.4) is 0 Å². The molecular formula is C19H22ClNO2. The van der Waals surface area contributed by atoms with Gasteiger partial charge in [0.2, 0.25) is 0 Å². The summed E-state index contributed by atoms with van der Waals surface area (Å²) in [6.07, 6.45) is 2.28. The number of aromatic hydroxyl groups is 1. The van der Waals surface area contributed by atoms with E-state index >= 15 is 0 Å². The van der Waals surface area contributed by atoms with E-state index in [4.69, 9.17) is 16.3 Å². The van der Waals surface area contributed by atoms with E-state index in [2.05, 4.69) is 4.90 Å². The van der Waals surface area contributed by atoms with Crippen LogP contribution in [0, 0.1) is 5.92 Å². The topological polar surface area (TPSA) is 32.7 Å². The third-order valence-corrected chi connectivity index (χ3v) is 4.62. The maximum absolute atomic E-state index is 9.36. The van der Waals surface area contributed by atoms with Gasteiger partial charge in [-0.1, -0.05) is 23.7 Å². The second-order valence-corrected chi connectivity index (χ2v) is 6.52. The Balaban J connectivity index is 1.40. The van der Waals surface area contributed by atoms with E-state index in [1.165, 1.54) is 5.69 Å². The molecule has 1 N–H and O–H groups in total. The highest BCUT2D eigenvalue weighted by molar-refractivity contribution is 6.30. The molecule has 0 aromatic heterocycles.